The van der Waals surface area contributed by atoms with Crippen molar-refractivity contribution in [2.45, 2.75) is 0 Å². The van der Waals surface area contributed by atoms with Gasteiger partial charge in [0.1, 0.15) is 0 Å². The molecule has 6 heteroatoms. The van der Waals surface area contributed by atoms with Crippen LogP contribution in [0.3, 0.4) is 0 Å². The Labute approximate surface area is 86.6 Å². The second-order valence-corrected chi connectivity index (χ2v) is 2.31. The minimum absolute atomic E-state index is 0. The first kappa shape index (κ1) is 16.1. The van der Waals surface area contributed by atoms with E-state index in [2.05, 4.69) is 0 Å². The molecule has 0 spiro atoms. The van der Waals surface area contributed by atoms with Gasteiger partial charge in [-0.3, -0.25) is 0 Å². The van der Waals surface area contributed by atoms with Gasteiger partial charge in [0.05, 0.1) is 0 Å². The van der Waals surface area contributed by atoms with Crippen molar-refractivity contribution in [3.63, 3.8) is 0 Å². The predicted octanol–water partition coefficient (Wildman–Crippen LogP) is -7.46. The Morgan fingerprint density at radius 1 is 1.29 bits per heavy atom. The van der Waals surface area contributed by atoms with Crippen molar-refractivity contribution < 1.29 is 73.5 Å². The first-order valence-corrected chi connectivity index (χ1v) is 2.98. The van der Waals surface area contributed by atoms with E-state index in [9.17, 15) is 0 Å². The van der Waals surface area contributed by atoms with Crippen LogP contribution in [0.4, 0.5) is 0 Å². The molecule has 0 aliphatic heterocycles. The Morgan fingerprint density at radius 3 is 1.29 bits per heavy atom. The molecule has 0 N–H and O–H groups in total. The van der Waals surface area contributed by atoms with Crippen LogP contribution < -0.4 is 68.9 Å². The molecular weight excluding hydrogens is 137 g/mol. The van der Waals surface area contributed by atoms with Crippen LogP contribution >= 0.6 is 7.60 Å². The van der Waals surface area contributed by atoms with E-state index in [-0.39, 0.29) is 59.1 Å². The summed E-state index contributed by atoms with van der Waals surface area (Å²) in [6.07, 6.45) is 0. The first-order chi connectivity index (χ1) is 2.00. The molecule has 0 radical (unpaired) electrons. The molecule has 0 fully saturated rings. The summed E-state index contributed by atoms with van der Waals surface area (Å²) in [6, 6.07) is 0. The molecular formula is CH3Na2O3P. The van der Waals surface area contributed by atoms with E-state index in [0.717, 1.165) is 0 Å². The summed E-state index contributed by atoms with van der Waals surface area (Å²) in [5.74, 6) is 0. The van der Waals surface area contributed by atoms with Crippen LogP contribution in [0.25, 0.3) is 0 Å². The van der Waals surface area contributed by atoms with E-state index in [0.29, 0.717) is 6.66 Å². The monoisotopic (exact) mass is 140 g/mol. The third kappa shape index (κ3) is 66.7. The fourth-order valence-electron chi connectivity index (χ4n) is 0. The van der Waals surface area contributed by atoms with E-state index >= 15 is 0 Å². The number of rotatable bonds is 0. The third-order valence-corrected chi connectivity index (χ3v) is 0. The molecule has 0 unspecified atom stereocenters. The van der Waals surface area contributed by atoms with Crippen LogP contribution in [0.2, 0.25) is 0 Å². The maximum atomic E-state index is 9.10. The van der Waals surface area contributed by atoms with E-state index in [1.165, 1.54) is 0 Å². The maximum Gasteiger partial charge on any atom is 1.00 e. The van der Waals surface area contributed by atoms with Gasteiger partial charge in [-0.1, -0.05) is 7.60 Å². The van der Waals surface area contributed by atoms with Gasteiger partial charge in [0.15, 0.2) is 0 Å². The number of hydrogen-bond acceptors (Lipinski definition) is 3. The Bertz CT molecular complexity index is 59.1. The molecule has 7 heavy (non-hydrogen) atoms. The largest absolute Gasteiger partial charge is 1.00 e. The van der Waals surface area contributed by atoms with Crippen molar-refractivity contribution in [3.05, 3.63) is 0 Å². The molecule has 0 rings (SSSR count). The van der Waals surface area contributed by atoms with Crippen molar-refractivity contribution >= 4 is 7.60 Å². The molecule has 32 valence electrons. The zero-order chi connectivity index (χ0) is 4.50. The standard InChI is InChI=1S/CH5O3P.2Na/c1-5(2,3)4;;/h1H3,(H2,2,3,4);;/q;2*+1/p-2. The Kier molecular flexibility index (Phi) is 14.4. The Hall–Kier alpha value is 2.15. The molecule has 0 atom stereocenters. The minimum Gasteiger partial charge on any atom is -0.811 e. The maximum absolute atomic E-state index is 9.10. The summed E-state index contributed by atoms with van der Waals surface area (Å²) in [5.41, 5.74) is 0. The van der Waals surface area contributed by atoms with Crippen LogP contribution in [-0.2, 0) is 4.57 Å². The van der Waals surface area contributed by atoms with Gasteiger partial charge in [-0.25, -0.2) is 0 Å². The topological polar surface area (TPSA) is 63.2 Å². The molecule has 0 saturated carbocycles. The van der Waals surface area contributed by atoms with Gasteiger partial charge in [-0.15, -0.1) is 0 Å². The van der Waals surface area contributed by atoms with Gasteiger partial charge >= 0.3 is 59.1 Å². The molecule has 0 heterocycles. The Balaban J connectivity index is -0.0000000800. The second kappa shape index (κ2) is 6.27. The van der Waals surface area contributed by atoms with Crippen molar-refractivity contribution in [3.8, 4) is 0 Å². The summed E-state index contributed by atoms with van der Waals surface area (Å²) in [5, 5.41) is 0. The molecule has 0 aliphatic rings. The van der Waals surface area contributed by atoms with E-state index in [1.54, 1.807) is 0 Å². The average molecular weight is 140 g/mol. The van der Waals surface area contributed by atoms with Crippen LogP contribution in [0.15, 0.2) is 0 Å². The van der Waals surface area contributed by atoms with Crippen molar-refractivity contribution in [1.82, 2.24) is 0 Å². The van der Waals surface area contributed by atoms with Crippen LogP contribution in [0.5, 0.6) is 0 Å². The van der Waals surface area contributed by atoms with E-state index < -0.39 is 7.60 Å². The molecule has 0 aromatic heterocycles. The summed E-state index contributed by atoms with van der Waals surface area (Å²) < 4.78 is 9.10. The zero-order valence-corrected chi connectivity index (χ0v) is 9.57. The molecule has 0 aromatic rings. The van der Waals surface area contributed by atoms with Crippen molar-refractivity contribution in [2.75, 3.05) is 6.66 Å². The first-order valence-electron chi connectivity index (χ1n) is 0.995. The summed E-state index contributed by atoms with van der Waals surface area (Å²) in [6.45, 7) is 0.632. The van der Waals surface area contributed by atoms with Gasteiger partial charge in [-0.05, 0) is 6.66 Å². The summed E-state index contributed by atoms with van der Waals surface area (Å²) >= 11 is 0. The van der Waals surface area contributed by atoms with Gasteiger partial charge in [0.25, 0.3) is 0 Å². The van der Waals surface area contributed by atoms with Crippen molar-refractivity contribution in [1.29, 1.82) is 0 Å². The molecule has 0 saturated heterocycles. The molecule has 3 nitrogen and oxygen atoms in total. The second-order valence-electron chi connectivity index (χ2n) is 0.771. The van der Waals surface area contributed by atoms with Crippen LogP contribution in [0, 0.1) is 0 Å². The third-order valence-electron chi connectivity index (χ3n) is 0. The fourth-order valence-corrected chi connectivity index (χ4v) is 0. The van der Waals surface area contributed by atoms with Gasteiger partial charge in [0.2, 0.25) is 0 Å². The van der Waals surface area contributed by atoms with Crippen LogP contribution in [-0.4, -0.2) is 6.66 Å². The SMILES string of the molecule is CP(=O)([O-])[O-].[Na+].[Na+]. The summed E-state index contributed by atoms with van der Waals surface area (Å²) in [4.78, 5) is 18.2. The molecule has 0 amide bonds. The summed E-state index contributed by atoms with van der Waals surface area (Å²) in [7, 11) is -4.14. The fraction of sp³-hybridized carbons (Fsp3) is 1.00. The molecule has 0 aromatic carbocycles. The van der Waals surface area contributed by atoms with E-state index in [1.807, 2.05) is 0 Å². The normalized spacial score (nSPS) is 8.43. The Morgan fingerprint density at radius 2 is 1.29 bits per heavy atom. The smallest absolute Gasteiger partial charge is 0.811 e. The quantitative estimate of drug-likeness (QED) is 0.248. The average Bonchev–Trinajstić information content (AvgIpc) is 0.722. The van der Waals surface area contributed by atoms with E-state index in [4.69, 9.17) is 14.4 Å². The van der Waals surface area contributed by atoms with Gasteiger partial charge in [-0.2, -0.15) is 0 Å². The molecule has 0 aliphatic carbocycles. The van der Waals surface area contributed by atoms with Crippen molar-refractivity contribution in [2.24, 2.45) is 0 Å². The zero-order valence-electron chi connectivity index (χ0n) is 4.67. The minimum atomic E-state index is -4.14. The molecule has 0 bridgehead atoms. The van der Waals surface area contributed by atoms with Gasteiger partial charge in [0, 0.05) is 0 Å². The van der Waals surface area contributed by atoms with Crippen LogP contribution in [0.1, 0.15) is 0 Å². The van der Waals surface area contributed by atoms with Gasteiger partial charge < -0.3 is 14.4 Å². The predicted molar refractivity (Wildman–Crippen MR) is 13.5 cm³/mol. The number of hydrogen-bond donors (Lipinski definition) is 0.